The van der Waals surface area contributed by atoms with E-state index in [1.54, 1.807) is 24.3 Å². The first kappa shape index (κ1) is 20.3. The number of carbonyl (C=O) groups excluding carboxylic acids is 1. The zero-order valence-corrected chi connectivity index (χ0v) is 16.5. The van der Waals surface area contributed by atoms with Crippen LogP contribution in [0.1, 0.15) is 31.2 Å². The molecule has 3 rings (SSSR count). The van der Waals surface area contributed by atoms with Crippen LogP contribution in [0.5, 0.6) is 0 Å². The Labute approximate surface area is 161 Å². The molecule has 0 saturated carbocycles. The van der Waals surface area contributed by atoms with Gasteiger partial charge in [-0.15, -0.1) is 0 Å². The Morgan fingerprint density at radius 3 is 2.48 bits per heavy atom. The molecular weight excluding hydrogens is 366 g/mol. The number of amides is 1. The zero-order valence-electron chi connectivity index (χ0n) is 15.7. The van der Waals surface area contributed by atoms with E-state index in [4.69, 9.17) is 10.5 Å². The number of carbonyl (C=O) groups is 1. The van der Waals surface area contributed by atoms with Crippen molar-refractivity contribution in [2.45, 2.75) is 43.0 Å². The molecule has 2 saturated heterocycles. The van der Waals surface area contributed by atoms with Crippen LogP contribution in [0.15, 0.2) is 29.2 Å². The van der Waals surface area contributed by atoms with E-state index in [-0.39, 0.29) is 11.9 Å². The number of sulfonamides is 1. The van der Waals surface area contributed by atoms with Crippen molar-refractivity contribution >= 4 is 15.9 Å². The van der Waals surface area contributed by atoms with E-state index in [1.165, 1.54) is 4.31 Å². The molecule has 0 aromatic heterocycles. The summed E-state index contributed by atoms with van der Waals surface area (Å²) in [6, 6.07) is 7.03. The lowest BCUT2D eigenvalue weighted by Gasteiger charge is -2.35. The van der Waals surface area contributed by atoms with Crippen molar-refractivity contribution in [2.75, 3.05) is 39.4 Å². The van der Waals surface area contributed by atoms with E-state index < -0.39 is 10.0 Å². The fraction of sp³-hybridized carbons (Fsp3) is 0.632. The number of rotatable bonds is 6. The van der Waals surface area contributed by atoms with Crippen LogP contribution in [-0.2, 0) is 26.0 Å². The monoisotopic (exact) mass is 395 g/mol. The minimum absolute atomic E-state index is 0.134. The normalized spacial score (nSPS) is 22.0. The molecule has 1 amide bonds. The Kier molecular flexibility index (Phi) is 6.86. The Bertz CT molecular complexity index is 730. The molecule has 2 fully saturated rings. The summed E-state index contributed by atoms with van der Waals surface area (Å²) < 4.78 is 32.0. The highest BCUT2D eigenvalue weighted by molar-refractivity contribution is 7.89. The standard InChI is InChI=1S/C19H29N3O4S/c20-15-17-3-1-2-10-22(17)19(23)9-6-16-4-7-18(8-5-16)27(24,25)21-11-13-26-14-12-21/h4-5,7-8,17H,1-3,6,9-15,20H2. The van der Waals surface area contributed by atoms with Crippen molar-refractivity contribution in [3.05, 3.63) is 29.8 Å². The number of nitrogens with two attached hydrogens (primary N) is 1. The quantitative estimate of drug-likeness (QED) is 0.775. The number of aryl methyl sites for hydroxylation is 1. The molecule has 1 aromatic rings. The van der Waals surface area contributed by atoms with Crippen LogP contribution < -0.4 is 5.73 Å². The minimum Gasteiger partial charge on any atom is -0.379 e. The first-order valence-electron chi connectivity index (χ1n) is 9.69. The van der Waals surface area contributed by atoms with Crippen LogP contribution in [0.2, 0.25) is 0 Å². The van der Waals surface area contributed by atoms with Crippen molar-refractivity contribution in [3.63, 3.8) is 0 Å². The molecule has 0 bridgehead atoms. The Hall–Kier alpha value is -1.48. The van der Waals surface area contributed by atoms with E-state index in [0.717, 1.165) is 31.4 Å². The molecule has 2 N–H and O–H groups in total. The predicted molar refractivity (Wildman–Crippen MR) is 103 cm³/mol. The highest BCUT2D eigenvalue weighted by Crippen LogP contribution is 2.20. The maximum atomic E-state index is 12.6. The first-order chi connectivity index (χ1) is 13.0. The fourth-order valence-corrected chi connectivity index (χ4v) is 5.14. The molecule has 150 valence electrons. The smallest absolute Gasteiger partial charge is 0.243 e. The summed E-state index contributed by atoms with van der Waals surface area (Å²) in [5.41, 5.74) is 6.76. The summed E-state index contributed by atoms with van der Waals surface area (Å²) in [5.74, 6) is 0.134. The van der Waals surface area contributed by atoms with Gasteiger partial charge in [-0.3, -0.25) is 4.79 Å². The van der Waals surface area contributed by atoms with Crippen molar-refractivity contribution in [1.82, 2.24) is 9.21 Å². The topological polar surface area (TPSA) is 92.9 Å². The Morgan fingerprint density at radius 1 is 1.11 bits per heavy atom. The lowest BCUT2D eigenvalue weighted by molar-refractivity contribution is -0.134. The van der Waals surface area contributed by atoms with Gasteiger partial charge in [-0.1, -0.05) is 12.1 Å². The number of piperidine rings is 1. The second kappa shape index (κ2) is 9.14. The molecule has 7 nitrogen and oxygen atoms in total. The molecule has 1 aromatic carbocycles. The third-order valence-electron chi connectivity index (χ3n) is 5.38. The van der Waals surface area contributed by atoms with E-state index in [1.807, 2.05) is 4.90 Å². The summed E-state index contributed by atoms with van der Waals surface area (Å²) in [7, 11) is -3.47. The van der Waals surface area contributed by atoms with Crippen LogP contribution in [0.25, 0.3) is 0 Å². The van der Waals surface area contributed by atoms with E-state index in [2.05, 4.69) is 0 Å². The van der Waals surface area contributed by atoms with Gasteiger partial charge >= 0.3 is 0 Å². The summed E-state index contributed by atoms with van der Waals surface area (Å²) in [6.07, 6.45) is 4.17. The predicted octanol–water partition coefficient (Wildman–Crippen LogP) is 0.980. The van der Waals surface area contributed by atoms with E-state index >= 15 is 0 Å². The molecule has 1 atom stereocenters. The SMILES string of the molecule is NCC1CCCCN1C(=O)CCc1ccc(S(=O)(=O)N2CCOCC2)cc1. The molecule has 2 heterocycles. The fourth-order valence-electron chi connectivity index (χ4n) is 3.73. The molecule has 27 heavy (non-hydrogen) atoms. The Balaban J connectivity index is 1.58. The van der Waals surface area contributed by atoms with Crippen LogP contribution >= 0.6 is 0 Å². The molecule has 0 aliphatic carbocycles. The second-order valence-electron chi connectivity index (χ2n) is 7.13. The van der Waals surface area contributed by atoms with E-state index in [0.29, 0.717) is 50.6 Å². The number of nitrogens with zero attached hydrogens (tertiary/aromatic N) is 2. The highest BCUT2D eigenvalue weighted by Gasteiger charge is 2.27. The van der Waals surface area contributed by atoms with Crippen molar-refractivity contribution in [2.24, 2.45) is 5.73 Å². The first-order valence-corrected chi connectivity index (χ1v) is 11.1. The van der Waals surface area contributed by atoms with Crippen LogP contribution in [0, 0.1) is 0 Å². The molecule has 1 unspecified atom stereocenters. The average molecular weight is 396 g/mol. The molecular formula is C19H29N3O4S. The van der Waals surface area contributed by atoms with Gasteiger partial charge < -0.3 is 15.4 Å². The van der Waals surface area contributed by atoms with Gasteiger partial charge in [-0.2, -0.15) is 4.31 Å². The van der Waals surface area contributed by atoms with Crippen LogP contribution in [0.4, 0.5) is 0 Å². The lowest BCUT2D eigenvalue weighted by Crippen LogP contribution is -2.47. The summed E-state index contributed by atoms with van der Waals surface area (Å²) >= 11 is 0. The maximum Gasteiger partial charge on any atom is 0.243 e. The highest BCUT2D eigenvalue weighted by atomic mass is 32.2. The van der Waals surface area contributed by atoms with Gasteiger partial charge in [0.2, 0.25) is 15.9 Å². The van der Waals surface area contributed by atoms with Crippen molar-refractivity contribution in [3.8, 4) is 0 Å². The number of hydrogen-bond acceptors (Lipinski definition) is 5. The van der Waals surface area contributed by atoms with Crippen LogP contribution in [0.3, 0.4) is 0 Å². The van der Waals surface area contributed by atoms with Crippen LogP contribution in [-0.4, -0.2) is 69.0 Å². The van der Waals surface area contributed by atoms with Gasteiger partial charge in [0, 0.05) is 38.6 Å². The van der Waals surface area contributed by atoms with Gasteiger partial charge in [0.1, 0.15) is 0 Å². The molecule has 0 spiro atoms. The molecule has 2 aliphatic rings. The number of likely N-dealkylation sites (tertiary alicyclic amines) is 1. The summed E-state index contributed by atoms with van der Waals surface area (Å²) in [6.45, 7) is 2.93. The molecule has 0 radical (unpaired) electrons. The summed E-state index contributed by atoms with van der Waals surface area (Å²) in [5, 5.41) is 0. The van der Waals surface area contributed by atoms with E-state index in [9.17, 15) is 13.2 Å². The lowest BCUT2D eigenvalue weighted by atomic mass is 10.0. The minimum atomic E-state index is -3.47. The van der Waals surface area contributed by atoms with Gasteiger partial charge in [0.05, 0.1) is 18.1 Å². The number of benzene rings is 1. The molecule has 2 aliphatic heterocycles. The number of morpholine rings is 1. The van der Waals surface area contributed by atoms with Crippen molar-refractivity contribution < 1.29 is 17.9 Å². The van der Waals surface area contributed by atoms with Gasteiger partial charge in [-0.05, 0) is 43.4 Å². The van der Waals surface area contributed by atoms with Gasteiger partial charge in [-0.25, -0.2) is 8.42 Å². The molecule has 8 heteroatoms. The van der Waals surface area contributed by atoms with Gasteiger partial charge in [0.25, 0.3) is 0 Å². The largest absolute Gasteiger partial charge is 0.379 e. The second-order valence-corrected chi connectivity index (χ2v) is 9.07. The van der Waals surface area contributed by atoms with Crippen molar-refractivity contribution in [1.29, 1.82) is 0 Å². The maximum absolute atomic E-state index is 12.6. The zero-order chi connectivity index (χ0) is 19.3. The third-order valence-corrected chi connectivity index (χ3v) is 7.29. The van der Waals surface area contributed by atoms with Gasteiger partial charge in [0.15, 0.2) is 0 Å². The average Bonchev–Trinajstić information content (AvgIpc) is 2.73. The number of hydrogen-bond donors (Lipinski definition) is 1. The Morgan fingerprint density at radius 2 is 1.81 bits per heavy atom. The number of ether oxygens (including phenoxy) is 1. The summed E-state index contributed by atoms with van der Waals surface area (Å²) in [4.78, 5) is 14.7. The third kappa shape index (κ3) is 4.87.